The number of hydrogen-bond acceptors (Lipinski definition) is 7. The van der Waals surface area contributed by atoms with Crippen molar-refractivity contribution in [2.75, 3.05) is 32.1 Å². The number of carbonyl (C=O) groups excluding carboxylic acids is 2. The predicted octanol–water partition coefficient (Wildman–Crippen LogP) is 3.12. The van der Waals surface area contributed by atoms with Crippen molar-refractivity contribution in [1.29, 1.82) is 0 Å². The van der Waals surface area contributed by atoms with Gasteiger partial charge >= 0.3 is 12.6 Å². The number of ether oxygens (including phenoxy) is 3. The molecule has 0 aromatic heterocycles. The summed E-state index contributed by atoms with van der Waals surface area (Å²) in [5.74, 6) is -2.40. The second kappa shape index (κ2) is 11.6. The van der Waals surface area contributed by atoms with Gasteiger partial charge in [-0.2, -0.15) is 13.1 Å². The van der Waals surface area contributed by atoms with Crippen LogP contribution in [0.2, 0.25) is 0 Å². The lowest BCUT2D eigenvalue weighted by molar-refractivity contribution is -0.119. The first-order valence-corrected chi connectivity index (χ1v) is 11.3. The molecule has 0 heterocycles. The third kappa shape index (κ3) is 6.62. The number of hydrogen-bond donors (Lipinski definition) is 1. The van der Waals surface area contributed by atoms with Crippen molar-refractivity contribution < 1.29 is 41.0 Å². The number of carbonyl (C=O) groups is 2. The van der Waals surface area contributed by atoms with E-state index in [2.05, 4.69) is 10.1 Å². The molecule has 0 radical (unpaired) electrons. The smallest absolute Gasteiger partial charge is 0.387 e. The fourth-order valence-electron chi connectivity index (χ4n) is 2.88. The third-order valence-electron chi connectivity index (χ3n) is 4.44. The highest BCUT2D eigenvalue weighted by Crippen LogP contribution is 2.33. The second-order valence-corrected chi connectivity index (χ2v) is 8.39. The Hall–Kier alpha value is -3.25. The number of anilines is 1. The molecule has 0 saturated carbocycles. The highest BCUT2D eigenvalue weighted by atomic mass is 32.2. The molecule has 0 unspecified atom stereocenters. The van der Waals surface area contributed by atoms with Crippen LogP contribution in [-0.4, -0.2) is 58.0 Å². The number of nitrogens with one attached hydrogen (secondary N) is 1. The molecule has 2 aromatic carbocycles. The fraction of sp³-hybridized carbons (Fsp3) is 0.333. The minimum atomic E-state index is -3.64. The average Bonchev–Trinajstić information content (AvgIpc) is 2.78. The lowest BCUT2D eigenvalue weighted by Gasteiger charge is -2.18. The Morgan fingerprint density at radius 1 is 1.06 bits per heavy atom. The summed E-state index contributed by atoms with van der Waals surface area (Å²) in [4.78, 5) is 24.5. The van der Waals surface area contributed by atoms with Gasteiger partial charge in [0.05, 0.1) is 12.0 Å². The van der Waals surface area contributed by atoms with Crippen LogP contribution in [0.25, 0.3) is 0 Å². The number of benzene rings is 2. The third-order valence-corrected chi connectivity index (χ3v) is 6.51. The van der Waals surface area contributed by atoms with E-state index in [4.69, 9.17) is 9.47 Å². The molecule has 0 spiro atoms. The highest BCUT2D eigenvalue weighted by Gasteiger charge is 2.23. The molecule has 1 amide bonds. The Bertz CT molecular complexity index is 1070. The zero-order valence-electron chi connectivity index (χ0n) is 18.2. The molecule has 0 bridgehead atoms. The van der Waals surface area contributed by atoms with Crippen LogP contribution < -0.4 is 14.8 Å². The summed E-state index contributed by atoms with van der Waals surface area (Å²) in [6, 6.07) is 9.38. The molecule has 0 fully saturated rings. The lowest BCUT2D eigenvalue weighted by Crippen LogP contribution is -2.30. The van der Waals surface area contributed by atoms with Crippen molar-refractivity contribution in [2.24, 2.45) is 0 Å². The van der Waals surface area contributed by atoms with E-state index in [0.717, 1.165) is 0 Å². The standard InChI is InChI=1S/C21H24F2N2O7S/c1-4-25(5-2)33(28,29)15-11-9-14(10-12-15)24-18(26)13-31-20(27)16-7-6-8-17(30-3)19(16)32-21(22)23/h6-12,21H,4-5,13H2,1-3H3,(H,24,26). The number of esters is 1. The predicted molar refractivity (Wildman–Crippen MR) is 115 cm³/mol. The molecule has 12 heteroatoms. The Morgan fingerprint density at radius 2 is 1.70 bits per heavy atom. The Kier molecular flexibility index (Phi) is 9.12. The van der Waals surface area contributed by atoms with E-state index >= 15 is 0 Å². The summed E-state index contributed by atoms with van der Waals surface area (Å²) in [6.07, 6.45) is 0. The number of rotatable bonds is 11. The average molecular weight is 486 g/mol. The molecule has 2 rings (SSSR count). The molecule has 0 saturated heterocycles. The van der Waals surface area contributed by atoms with Gasteiger partial charge in [-0.05, 0) is 36.4 Å². The van der Waals surface area contributed by atoms with Crippen LogP contribution in [0.5, 0.6) is 11.5 Å². The molecule has 0 atom stereocenters. The minimum absolute atomic E-state index is 0.0696. The van der Waals surface area contributed by atoms with Gasteiger partial charge in [-0.15, -0.1) is 0 Å². The van der Waals surface area contributed by atoms with E-state index in [-0.39, 0.29) is 21.9 Å². The molecule has 0 aliphatic carbocycles. The van der Waals surface area contributed by atoms with Gasteiger partial charge in [-0.3, -0.25) is 4.79 Å². The van der Waals surface area contributed by atoms with Gasteiger partial charge in [0.2, 0.25) is 10.0 Å². The summed E-state index contributed by atoms with van der Waals surface area (Å²) in [6.45, 7) is 0.171. The van der Waals surface area contributed by atoms with E-state index < -0.39 is 40.9 Å². The van der Waals surface area contributed by atoms with Crippen LogP contribution in [0.1, 0.15) is 24.2 Å². The van der Waals surface area contributed by atoms with Crippen LogP contribution in [0.3, 0.4) is 0 Å². The van der Waals surface area contributed by atoms with Crippen molar-refractivity contribution in [3.8, 4) is 11.5 Å². The molecule has 0 aliphatic heterocycles. The van der Waals surface area contributed by atoms with Gasteiger partial charge < -0.3 is 19.5 Å². The summed E-state index contributed by atoms with van der Waals surface area (Å²) in [5.41, 5.74) is -0.0638. The van der Waals surface area contributed by atoms with Crippen molar-refractivity contribution >= 4 is 27.6 Å². The number of amides is 1. The largest absolute Gasteiger partial charge is 0.493 e. The summed E-state index contributed by atoms with van der Waals surface area (Å²) in [5, 5.41) is 2.45. The molecule has 0 aliphatic rings. The maximum Gasteiger partial charge on any atom is 0.387 e. The number of para-hydroxylation sites is 1. The molecule has 2 aromatic rings. The van der Waals surface area contributed by atoms with E-state index in [9.17, 15) is 26.8 Å². The van der Waals surface area contributed by atoms with Crippen LogP contribution in [0.4, 0.5) is 14.5 Å². The first-order chi connectivity index (χ1) is 15.6. The first kappa shape index (κ1) is 26.0. The van der Waals surface area contributed by atoms with Gasteiger partial charge in [0.1, 0.15) is 5.56 Å². The fourth-order valence-corrected chi connectivity index (χ4v) is 4.33. The zero-order chi connectivity index (χ0) is 24.6. The van der Waals surface area contributed by atoms with Gasteiger partial charge in [0.25, 0.3) is 5.91 Å². The van der Waals surface area contributed by atoms with Gasteiger partial charge in [0, 0.05) is 18.8 Å². The highest BCUT2D eigenvalue weighted by molar-refractivity contribution is 7.89. The number of methoxy groups -OCH3 is 1. The molecule has 9 nitrogen and oxygen atoms in total. The van der Waals surface area contributed by atoms with Gasteiger partial charge in [-0.1, -0.05) is 19.9 Å². The number of halogens is 2. The van der Waals surface area contributed by atoms with E-state index in [1.54, 1.807) is 13.8 Å². The normalized spacial score (nSPS) is 11.4. The maximum absolute atomic E-state index is 12.7. The van der Waals surface area contributed by atoms with Gasteiger partial charge in [-0.25, -0.2) is 13.2 Å². The van der Waals surface area contributed by atoms with Crippen molar-refractivity contribution in [3.05, 3.63) is 48.0 Å². The SMILES string of the molecule is CCN(CC)S(=O)(=O)c1ccc(NC(=O)COC(=O)c2cccc(OC)c2OC(F)F)cc1. The first-order valence-electron chi connectivity index (χ1n) is 9.83. The lowest BCUT2D eigenvalue weighted by atomic mass is 10.2. The number of sulfonamides is 1. The van der Waals surface area contributed by atoms with E-state index in [1.807, 2.05) is 0 Å². The Morgan fingerprint density at radius 3 is 2.24 bits per heavy atom. The molecular weight excluding hydrogens is 462 g/mol. The number of alkyl halides is 2. The van der Waals surface area contributed by atoms with E-state index in [1.165, 1.54) is 53.9 Å². The van der Waals surface area contributed by atoms with Crippen LogP contribution in [0.15, 0.2) is 47.4 Å². The molecular formula is C21H24F2N2O7S. The minimum Gasteiger partial charge on any atom is -0.493 e. The van der Waals surface area contributed by atoms with Gasteiger partial charge in [0.15, 0.2) is 18.1 Å². The zero-order valence-corrected chi connectivity index (χ0v) is 19.0. The second-order valence-electron chi connectivity index (χ2n) is 6.45. The topological polar surface area (TPSA) is 111 Å². The number of nitrogens with zero attached hydrogens (tertiary/aromatic N) is 1. The van der Waals surface area contributed by atoms with Crippen molar-refractivity contribution in [1.82, 2.24) is 4.31 Å². The quantitative estimate of drug-likeness (QED) is 0.486. The maximum atomic E-state index is 12.7. The van der Waals surface area contributed by atoms with Crippen LogP contribution >= 0.6 is 0 Å². The molecule has 33 heavy (non-hydrogen) atoms. The Labute approximate surface area is 190 Å². The van der Waals surface area contributed by atoms with Crippen molar-refractivity contribution in [3.63, 3.8) is 0 Å². The molecule has 1 N–H and O–H groups in total. The summed E-state index contributed by atoms with van der Waals surface area (Å²) < 4.78 is 65.8. The molecule has 180 valence electrons. The van der Waals surface area contributed by atoms with Crippen LogP contribution in [0, 0.1) is 0 Å². The van der Waals surface area contributed by atoms with E-state index in [0.29, 0.717) is 13.1 Å². The monoisotopic (exact) mass is 486 g/mol. The Balaban J connectivity index is 2.03. The van der Waals surface area contributed by atoms with Crippen LogP contribution in [-0.2, 0) is 19.6 Å². The summed E-state index contributed by atoms with van der Waals surface area (Å²) in [7, 11) is -2.42. The summed E-state index contributed by atoms with van der Waals surface area (Å²) >= 11 is 0. The van der Waals surface area contributed by atoms with Crippen molar-refractivity contribution in [2.45, 2.75) is 25.4 Å².